The van der Waals surface area contributed by atoms with Gasteiger partial charge in [-0.05, 0) is 39.3 Å². The van der Waals surface area contributed by atoms with E-state index in [1.54, 1.807) is 0 Å². The van der Waals surface area contributed by atoms with Gasteiger partial charge in [0.25, 0.3) is 0 Å². The highest BCUT2D eigenvalue weighted by Gasteiger charge is 2.04. The van der Waals surface area contributed by atoms with E-state index < -0.39 is 0 Å². The van der Waals surface area contributed by atoms with Gasteiger partial charge in [0.05, 0.1) is 12.6 Å². The predicted octanol–water partition coefficient (Wildman–Crippen LogP) is 2.80. The van der Waals surface area contributed by atoms with Crippen LogP contribution in [0.15, 0.2) is 24.3 Å². The van der Waals surface area contributed by atoms with Crippen LogP contribution in [-0.4, -0.2) is 24.6 Å². The number of benzene rings is 1. The van der Waals surface area contributed by atoms with Crippen LogP contribution in [0.1, 0.15) is 34.1 Å². The number of hydrogen-bond donors (Lipinski definition) is 2. The van der Waals surface area contributed by atoms with Crippen LogP contribution < -0.4 is 15.4 Å². The Labute approximate surface area is 115 Å². The van der Waals surface area contributed by atoms with Crippen molar-refractivity contribution in [3.8, 4) is 5.75 Å². The fourth-order valence-electron chi connectivity index (χ4n) is 1.55. The van der Waals surface area contributed by atoms with Gasteiger partial charge in [-0.15, -0.1) is 0 Å². The SMILES string of the molecule is CCC(C)Oc1cccc(NCC(=O)NC(C)C)c1. The Morgan fingerprint density at radius 3 is 2.68 bits per heavy atom. The van der Waals surface area contributed by atoms with Crippen molar-refractivity contribution in [1.82, 2.24) is 5.32 Å². The molecule has 0 aromatic heterocycles. The van der Waals surface area contributed by atoms with E-state index in [9.17, 15) is 4.79 Å². The fraction of sp³-hybridized carbons (Fsp3) is 0.533. The quantitative estimate of drug-likeness (QED) is 0.796. The van der Waals surface area contributed by atoms with E-state index in [1.807, 2.05) is 45.0 Å². The lowest BCUT2D eigenvalue weighted by atomic mass is 10.2. The van der Waals surface area contributed by atoms with E-state index in [0.29, 0.717) is 0 Å². The average Bonchev–Trinajstić information content (AvgIpc) is 2.36. The van der Waals surface area contributed by atoms with E-state index in [-0.39, 0.29) is 24.6 Å². The normalized spacial score (nSPS) is 12.1. The molecule has 0 aliphatic heterocycles. The zero-order valence-corrected chi connectivity index (χ0v) is 12.2. The number of hydrogen-bond acceptors (Lipinski definition) is 3. The first-order valence-corrected chi connectivity index (χ1v) is 6.81. The minimum absolute atomic E-state index is 0.0109. The number of carbonyl (C=O) groups is 1. The number of rotatable bonds is 7. The monoisotopic (exact) mass is 264 g/mol. The van der Waals surface area contributed by atoms with E-state index >= 15 is 0 Å². The van der Waals surface area contributed by atoms with Gasteiger partial charge in [0, 0.05) is 17.8 Å². The zero-order chi connectivity index (χ0) is 14.3. The van der Waals surface area contributed by atoms with Crippen molar-refractivity contribution in [3.05, 3.63) is 24.3 Å². The van der Waals surface area contributed by atoms with Gasteiger partial charge in [0.15, 0.2) is 0 Å². The molecular formula is C15H24N2O2. The van der Waals surface area contributed by atoms with Crippen LogP contribution in [0.5, 0.6) is 5.75 Å². The Kier molecular flexibility index (Phi) is 6.19. The molecule has 0 radical (unpaired) electrons. The van der Waals surface area contributed by atoms with Crippen LogP contribution in [0.4, 0.5) is 5.69 Å². The molecule has 0 aliphatic rings. The number of carbonyl (C=O) groups excluding carboxylic acids is 1. The van der Waals surface area contributed by atoms with Crippen LogP contribution in [0, 0.1) is 0 Å². The lowest BCUT2D eigenvalue weighted by Gasteiger charge is -2.14. The molecule has 0 saturated carbocycles. The zero-order valence-electron chi connectivity index (χ0n) is 12.2. The smallest absolute Gasteiger partial charge is 0.239 e. The highest BCUT2D eigenvalue weighted by molar-refractivity contribution is 5.80. The van der Waals surface area contributed by atoms with Crippen molar-refractivity contribution in [2.75, 3.05) is 11.9 Å². The second-order valence-corrected chi connectivity index (χ2v) is 4.94. The van der Waals surface area contributed by atoms with Gasteiger partial charge < -0.3 is 15.4 Å². The minimum atomic E-state index is -0.0109. The molecule has 1 atom stereocenters. The molecule has 19 heavy (non-hydrogen) atoms. The average molecular weight is 264 g/mol. The van der Waals surface area contributed by atoms with Gasteiger partial charge in [0.2, 0.25) is 5.91 Å². The van der Waals surface area contributed by atoms with Crippen molar-refractivity contribution in [2.45, 2.75) is 46.3 Å². The Balaban J connectivity index is 2.50. The third-order valence-corrected chi connectivity index (χ3v) is 2.65. The van der Waals surface area contributed by atoms with Gasteiger partial charge in [-0.1, -0.05) is 13.0 Å². The maximum absolute atomic E-state index is 11.5. The van der Waals surface area contributed by atoms with Crippen molar-refractivity contribution < 1.29 is 9.53 Å². The van der Waals surface area contributed by atoms with Crippen molar-refractivity contribution in [3.63, 3.8) is 0 Å². The molecule has 4 heteroatoms. The van der Waals surface area contributed by atoms with Gasteiger partial charge >= 0.3 is 0 Å². The van der Waals surface area contributed by atoms with Crippen molar-refractivity contribution >= 4 is 11.6 Å². The summed E-state index contributed by atoms with van der Waals surface area (Å²) in [5.41, 5.74) is 0.889. The van der Waals surface area contributed by atoms with Gasteiger partial charge in [0.1, 0.15) is 5.75 Å². The summed E-state index contributed by atoms with van der Waals surface area (Å²) >= 11 is 0. The molecular weight excluding hydrogens is 240 g/mol. The molecule has 0 spiro atoms. The lowest BCUT2D eigenvalue weighted by molar-refractivity contribution is -0.119. The van der Waals surface area contributed by atoms with Crippen LogP contribution in [0.25, 0.3) is 0 Å². The Bertz CT molecular complexity index is 405. The molecule has 1 amide bonds. The van der Waals surface area contributed by atoms with Crippen LogP contribution in [-0.2, 0) is 4.79 Å². The molecule has 1 aromatic carbocycles. The summed E-state index contributed by atoms with van der Waals surface area (Å²) < 4.78 is 5.73. The second-order valence-electron chi connectivity index (χ2n) is 4.94. The maximum atomic E-state index is 11.5. The molecule has 106 valence electrons. The third-order valence-electron chi connectivity index (χ3n) is 2.65. The van der Waals surface area contributed by atoms with Gasteiger partial charge in [-0.3, -0.25) is 4.79 Å². The van der Waals surface area contributed by atoms with E-state index in [2.05, 4.69) is 17.6 Å². The summed E-state index contributed by atoms with van der Waals surface area (Å²) in [6.45, 7) is 8.28. The summed E-state index contributed by atoms with van der Waals surface area (Å²) in [5, 5.41) is 5.93. The molecule has 0 saturated heterocycles. The number of amides is 1. The molecule has 0 bridgehead atoms. The first kappa shape index (κ1) is 15.3. The molecule has 1 unspecified atom stereocenters. The van der Waals surface area contributed by atoms with Crippen LogP contribution in [0.3, 0.4) is 0 Å². The third kappa shape index (κ3) is 6.13. The maximum Gasteiger partial charge on any atom is 0.239 e. The molecule has 2 N–H and O–H groups in total. The minimum Gasteiger partial charge on any atom is -0.491 e. The Morgan fingerprint density at radius 2 is 2.05 bits per heavy atom. The van der Waals surface area contributed by atoms with Gasteiger partial charge in [-0.2, -0.15) is 0 Å². The molecule has 0 fully saturated rings. The number of nitrogens with one attached hydrogen (secondary N) is 2. The lowest BCUT2D eigenvalue weighted by Crippen LogP contribution is -2.34. The van der Waals surface area contributed by atoms with E-state index in [1.165, 1.54) is 0 Å². The first-order chi connectivity index (χ1) is 9.01. The van der Waals surface area contributed by atoms with E-state index in [4.69, 9.17) is 4.74 Å². The molecule has 0 aliphatic carbocycles. The standard InChI is InChI=1S/C15H24N2O2/c1-5-12(4)19-14-8-6-7-13(9-14)16-10-15(18)17-11(2)3/h6-9,11-12,16H,5,10H2,1-4H3,(H,17,18). The number of ether oxygens (including phenoxy) is 1. The predicted molar refractivity (Wildman–Crippen MR) is 78.6 cm³/mol. The van der Waals surface area contributed by atoms with Gasteiger partial charge in [-0.25, -0.2) is 0 Å². The largest absolute Gasteiger partial charge is 0.491 e. The molecule has 1 aromatic rings. The second kappa shape index (κ2) is 7.67. The summed E-state index contributed by atoms with van der Waals surface area (Å²) in [6.07, 6.45) is 1.16. The number of anilines is 1. The van der Waals surface area contributed by atoms with E-state index in [0.717, 1.165) is 17.9 Å². The van der Waals surface area contributed by atoms with Crippen molar-refractivity contribution in [2.24, 2.45) is 0 Å². The summed E-state index contributed by atoms with van der Waals surface area (Å²) in [4.78, 5) is 11.5. The molecule has 0 heterocycles. The highest BCUT2D eigenvalue weighted by atomic mass is 16.5. The summed E-state index contributed by atoms with van der Waals surface area (Å²) in [5.74, 6) is 0.812. The molecule has 4 nitrogen and oxygen atoms in total. The fourth-order valence-corrected chi connectivity index (χ4v) is 1.55. The summed E-state index contributed by atoms with van der Waals surface area (Å²) in [7, 11) is 0. The summed E-state index contributed by atoms with van der Waals surface area (Å²) in [6, 6.07) is 7.83. The first-order valence-electron chi connectivity index (χ1n) is 6.81. The Hall–Kier alpha value is -1.71. The highest BCUT2D eigenvalue weighted by Crippen LogP contribution is 2.18. The topological polar surface area (TPSA) is 50.4 Å². The molecule has 1 rings (SSSR count). The van der Waals surface area contributed by atoms with Crippen LogP contribution in [0.2, 0.25) is 0 Å². The Morgan fingerprint density at radius 1 is 1.32 bits per heavy atom. The van der Waals surface area contributed by atoms with Crippen LogP contribution >= 0.6 is 0 Å². The van der Waals surface area contributed by atoms with Crippen molar-refractivity contribution in [1.29, 1.82) is 0 Å².